The molecule has 2 fully saturated rings. The van der Waals surface area contributed by atoms with Crippen molar-refractivity contribution in [1.82, 2.24) is 24.8 Å². The molecule has 2 aromatic heterocycles. The molecule has 220 valence electrons. The van der Waals surface area contributed by atoms with Gasteiger partial charge in [-0.25, -0.2) is 4.98 Å². The summed E-state index contributed by atoms with van der Waals surface area (Å²) in [6.07, 6.45) is 12.3. The van der Waals surface area contributed by atoms with Crippen LogP contribution in [-0.4, -0.2) is 77.5 Å². The van der Waals surface area contributed by atoms with E-state index in [1.807, 2.05) is 31.5 Å². The third kappa shape index (κ3) is 6.06. The molecule has 2 aliphatic heterocycles. The van der Waals surface area contributed by atoms with E-state index in [0.717, 1.165) is 57.4 Å². The number of piperidine rings is 1. The number of fused-ring (bicyclic) bond motifs is 1. The van der Waals surface area contributed by atoms with Crippen LogP contribution in [0.5, 0.6) is 5.75 Å². The zero-order valence-electron chi connectivity index (χ0n) is 24.2. The number of halogens is 1. The van der Waals surface area contributed by atoms with E-state index in [1.165, 1.54) is 44.5 Å². The Kier molecular flexibility index (Phi) is 8.82. The van der Waals surface area contributed by atoms with Crippen molar-refractivity contribution < 1.29 is 4.74 Å². The first-order valence-electron chi connectivity index (χ1n) is 14.3. The van der Waals surface area contributed by atoms with Gasteiger partial charge in [-0.2, -0.15) is 4.98 Å². The number of rotatable bonds is 9. The maximum Gasteiger partial charge on any atom is 0.229 e. The smallest absolute Gasteiger partial charge is 0.229 e. The Morgan fingerprint density at radius 2 is 1.74 bits per heavy atom. The summed E-state index contributed by atoms with van der Waals surface area (Å²) >= 11 is 5.21. The van der Waals surface area contributed by atoms with Gasteiger partial charge in [0.1, 0.15) is 17.1 Å². The van der Waals surface area contributed by atoms with Gasteiger partial charge >= 0.3 is 0 Å². The average molecular weight is 651 g/mol. The van der Waals surface area contributed by atoms with Crippen LogP contribution in [-0.2, 0) is 0 Å². The molecule has 6 rings (SSSR count). The van der Waals surface area contributed by atoms with Crippen molar-refractivity contribution in [3.63, 3.8) is 0 Å². The highest BCUT2D eigenvalue weighted by Crippen LogP contribution is 2.38. The molecule has 0 aliphatic carbocycles. The van der Waals surface area contributed by atoms with Crippen LogP contribution in [0.15, 0.2) is 53.4 Å². The molecule has 0 amide bonds. The number of benzene rings is 2. The highest BCUT2D eigenvalue weighted by atomic mass is 79.9. The van der Waals surface area contributed by atoms with E-state index >= 15 is 0 Å². The van der Waals surface area contributed by atoms with Crippen molar-refractivity contribution in [2.75, 3.05) is 66.4 Å². The van der Waals surface area contributed by atoms with Crippen LogP contribution in [0.4, 0.5) is 34.5 Å². The fourth-order valence-electron chi connectivity index (χ4n) is 5.87. The average Bonchev–Trinajstić information content (AvgIpc) is 3.58. The van der Waals surface area contributed by atoms with Crippen LogP contribution in [0, 0.1) is 0 Å². The molecule has 2 aliphatic rings. The minimum absolute atomic E-state index is 0.457. The number of likely N-dealkylation sites (tertiary alicyclic amines) is 1. The molecule has 0 radical (unpaired) electrons. The Balaban J connectivity index is 1.20. The minimum Gasteiger partial charge on any atom is -0.494 e. The first kappa shape index (κ1) is 28.8. The number of aromatic nitrogens is 4. The Morgan fingerprint density at radius 1 is 0.976 bits per heavy atom. The first-order chi connectivity index (χ1) is 20.5. The number of hydrogen-bond acceptors (Lipinski definition) is 11. The predicted octanol–water partition coefficient (Wildman–Crippen LogP) is 6.46. The van der Waals surface area contributed by atoms with Gasteiger partial charge in [-0.3, -0.25) is 9.97 Å². The summed E-state index contributed by atoms with van der Waals surface area (Å²) in [5.74, 6) is 1.84. The van der Waals surface area contributed by atoms with Crippen LogP contribution < -0.4 is 24.6 Å². The Morgan fingerprint density at radius 3 is 2.50 bits per heavy atom. The summed E-state index contributed by atoms with van der Waals surface area (Å²) in [7, 11) is 3.71. The zero-order valence-corrected chi connectivity index (χ0v) is 26.6. The summed E-state index contributed by atoms with van der Waals surface area (Å²) in [6.45, 7) is 4.66. The number of anilines is 6. The lowest BCUT2D eigenvalue weighted by molar-refractivity contribution is 0.208. The molecule has 4 heterocycles. The lowest BCUT2D eigenvalue weighted by Crippen LogP contribution is -2.43. The molecule has 0 atom stereocenters. The van der Waals surface area contributed by atoms with Gasteiger partial charge in [-0.05, 0) is 79.0 Å². The third-order valence-corrected chi connectivity index (χ3v) is 9.43. The SMILES string of the molecule is COc1cc(N2CCC(N3CCCC3)CC2)ccc1Nc1ncc(Br)c(Nc2ccc3nccnc3c2N(C)SC)n1. The summed E-state index contributed by atoms with van der Waals surface area (Å²) in [5, 5.41) is 6.84. The van der Waals surface area contributed by atoms with Crippen molar-refractivity contribution in [3.05, 3.63) is 53.4 Å². The van der Waals surface area contributed by atoms with Gasteiger partial charge in [0.15, 0.2) is 0 Å². The standard InChI is InChI=1S/C30H36BrN9OS/c1-38(42-3)28-25(9-8-24-27(28)33-13-12-32-24)35-29-22(31)19-34-30(37-29)36-23-7-6-21(18-26(23)41-2)40-16-10-20(11-17-40)39-14-4-5-15-39/h6-9,12-13,18-20H,4-5,10-11,14-17H2,1-3H3,(H2,34,35,36,37). The van der Waals surface area contributed by atoms with Gasteiger partial charge in [-0.15, -0.1) is 0 Å². The highest BCUT2D eigenvalue weighted by molar-refractivity contribution is 9.10. The van der Waals surface area contributed by atoms with Gasteiger partial charge < -0.3 is 29.5 Å². The summed E-state index contributed by atoms with van der Waals surface area (Å²) in [4.78, 5) is 23.5. The van der Waals surface area contributed by atoms with E-state index < -0.39 is 0 Å². The summed E-state index contributed by atoms with van der Waals surface area (Å²) in [6, 6.07) is 11.0. The fourth-order valence-corrected chi connectivity index (χ4v) is 6.53. The van der Waals surface area contributed by atoms with Crippen LogP contribution >= 0.6 is 27.9 Å². The van der Waals surface area contributed by atoms with Crippen LogP contribution in [0.25, 0.3) is 11.0 Å². The van der Waals surface area contributed by atoms with Crippen LogP contribution in [0.2, 0.25) is 0 Å². The van der Waals surface area contributed by atoms with E-state index in [1.54, 1.807) is 37.6 Å². The van der Waals surface area contributed by atoms with Crippen LogP contribution in [0.1, 0.15) is 25.7 Å². The highest BCUT2D eigenvalue weighted by Gasteiger charge is 2.27. The second-order valence-corrected chi connectivity index (χ2v) is 12.3. The van der Waals surface area contributed by atoms with Gasteiger partial charge in [0.25, 0.3) is 0 Å². The lowest BCUT2D eigenvalue weighted by atomic mass is 10.0. The molecule has 2 aromatic carbocycles. The molecule has 4 aromatic rings. The molecule has 0 bridgehead atoms. The Labute approximate surface area is 259 Å². The molecule has 10 nitrogen and oxygen atoms in total. The maximum atomic E-state index is 5.80. The monoisotopic (exact) mass is 649 g/mol. The molecule has 12 heteroatoms. The van der Waals surface area contributed by atoms with E-state index in [-0.39, 0.29) is 0 Å². The molecular weight excluding hydrogens is 614 g/mol. The molecule has 0 spiro atoms. The molecule has 0 unspecified atom stereocenters. The van der Waals surface area contributed by atoms with Gasteiger partial charge in [-0.1, -0.05) is 11.9 Å². The van der Waals surface area contributed by atoms with E-state index in [0.29, 0.717) is 11.8 Å². The van der Waals surface area contributed by atoms with E-state index in [9.17, 15) is 0 Å². The fraction of sp³-hybridized carbons (Fsp3) is 0.400. The largest absolute Gasteiger partial charge is 0.494 e. The van der Waals surface area contributed by atoms with Gasteiger partial charge in [0.2, 0.25) is 5.95 Å². The molecule has 0 saturated carbocycles. The zero-order chi connectivity index (χ0) is 29.1. The maximum absolute atomic E-state index is 5.80. The predicted molar refractivity (Wildman–Crippen MR) is 177 cm³/mol. The number of nitrogens with zero attached hydrogens (tertiary/aromatic N) is 7. The van der Waals surface area contributed by atoms with Gasteiger partial charge in [0, 0.05) is 62.8 Å². The Hall–Kier alpha value is -3.35. The van der Waals surface area contributed by atoms with Crippen molar-refractivity contribution in [2.24, 2.45) is 0 Å². The van der Waals surface area contributed by atoms with E-state index in [2.05, 4.69) is 67.8 Å². The molecule has 2 N–H and O–H groups in total. The molecule has 2 saturated heterocycles. The molecule has 42 heavy (non-hydrogen) atoms. The van der Waals surface area contributed by atoms with Crippen molar-refractivity contribution in [3.8, 4) is 5.75 Å². The van der Waals surface area contributed by atoms with Gasteiger partial charge in [0.05, 0.1) is 34.2 Å². The second kappa shape index (κ2) is 12.9. The quantitative estimate of drug-likeness (QED) is 0.196. The van der Waals surface area contributed by atoms with Crippen molar-refractivity contribution >= 4 is 73.4 Å². The second-order valence-electron chi connectivity index (χ2n) is 10.6. The van der Waals surface area contributed by atoms with Crippen molar-refractivity contribution in [2.45, 2.75) is 31.7 Å². The number of ether oxygens (including phenoxy) is 1. The number of methoxy groups -OCH3 is 1. The topological polar surface area (TPSA) is 94.6 Å². The summed E-state index contributed by atoms with van der Waals surface area (Å²) < 4.78 is 8.60. The molecular formula is C30H36BrN9OS. The van der Waals surface area contributed by atoms with Crippen LogP contribution in [0.3, 0.4) is 0 Å². The first-order valence-corrected chi connectivity index (χ1v) is 16.3. The number of nitrogens with one attached hydrogen (secondary N) is 2. The van der Waals surface area contributed by atoms with Crippen molar-refractivity contribution in [1.29, 1.82) is 0 Å². The van der Waals surface area contributed by atoms with E-state index in [4.69, 9.17) is 9.72 Å². The third-order valence-electron chi connectivity index (χ3n) is 8.12. The Bertz CT molecular complexity index is 1540. The minimum atomic E-state index is 0.457. The number of hydrogen-bond donors (Lipinski definition) is 2. The lowest BCUT2D eigenvalue weighted by Gasteiger charge is -2.38. The summed E-state index contributed by atoms with van der Waals surface area (Å²) in [5.41, 5.74) is 5.42. The normalized spacial score (nSPS) is 16.1.